The maximum absolute atomic E-state index is 12.7. The lowest BCUT2D eigenvalue weighted by Crippen LogP contribution is -2.25. The van der Waals surface area contributed by atoms with Crippen molar-refractivity contribution in [2.24, 2.45) is 0 Å². The quantitative estimate of drug-likeness (QED) is 0.709. The van der Waals surface area contributed by atoms with Gasteiger partial charge in [0.05, 0.1) is 11.7 Å². The average molecular weight is 358 g/mol. The first-order valence-corrected chi connectivity index (χ1v) is 7.90. The largest absolute Gasteiger partial charge is 0.351 e. The Labute approximate surface area is 137 Å². The van der Waals surface area contributed by atoms with Crippen molar-refractivity contribution in [2.75, 3.05) is 0 Å². The summed E-state index contributed by atoms with van der Waals surface area (Å²) in [6.45, 7) is 3.91. The summed E-state index contributed by atoms with van der Waals surface area (Å²) in [5.41, 5.74) is 1.59. The minimum atomic E-state index is -0.129. The summed E-state index contributed by atoms with van der Waals surface area (Å²) in [6.07, 6.45) is 0. The molecule has 0 radical (unpaired) electrons. The fraction of sp³-hybridized carbons (Fsp3) is 0.176. The van der Waals surface area contributed by atoms with E-state index >= 15 is 0 Å². The Morgan fingerprint density at radius 2 is 1.64 bits per heavy atom. The van der Waals surface area contributed by atoms with Gasteiger partial charge in [-0.05, 0) is 38.1 Å². The van der Waals surface area contributed by atoms with Crippen molar-refractivity contribution in [3.63, 3.8) is 0 Å². The van der Waals surface area contributed by atoms with Gasteiger partial charge in [-0.25, -0.2) is 14.0 Å². The van der Waals surface area contributed by atoms with Crippen molar-refractivity contribution in [1.82, 2.24) is 14.3 Å². The van der Waals surface area contributed by atoms with Crippen LogP contribution in [0.1, 0.15) is 19.9 Å². The van der Waals surface area contributed by atoms with Crippen LogP contribution in [-0.2, 0) is 0 Å². The fourth-order valence-corrected chi connectivity index (χ4v) is 2.58. The Hall–Kier alpha value is -2.14. The highest BCUT2D eigenvalue weighted by atomic mass is 79.9. The van der Waals surface area contributed by atoms with E-state index in [4.69, 9.17) is 0 Å². The molecule has 22 heavy (non-hydrogen) atoms. The summed E-state index contributed by atoms with van der Waals surface area (Å²) in [6, 6.07) is 17.4. The van der Waals surface area contributed by atoms with E-state index in [1.165, 1.54) is 4.68 Å². The topological polar surface area (TPSA) is 39.8 Å². The van der Waals surface area contributed by atoms with Crippen LogP contribution < -0.4 is 5.69 Å². The Bertz CT molecular complexity index is 833. The molecule has 1 aromatic heterocycles. The highest BCUT2D eigenvalue weighted by Crippen LogP contribution is 2.21. The Morgan fingerprint density at radius 3 is 2.23 bits per heavy atom. The summed E-state index contributed by atoms with van der Waals surface area (Å²) in [5, 5.41) is 4.53. The van der Waals surface area contributed by atoms with Gasteiger partial charge in [0, 0.05) is 10.0 Å². The molecule has 112 valence electrons. The molecule has 0 unspecified atom stereocenters. The second kappa shape index (κ2) is 5.93. The molecule has 4 nitrogen and oxygen atoms in total. The smallest absolute Gasteiger partial charge is 0.246 e. The molecule has 0 saturated carbocycles. The molecule has 0 N–H and O–H groups in total. The van der Waals surface area contributed by atoms with Gasteiger partial charge in [-0.1, -0.05) is 46.3 Å². The van der Waals surface area contributed by atoms with Gasteiger partial charge in [-0.15, -0.1) is 5.10 Å². The highest BCUT2D eigenvalue weighted by molar-refractivity contribution is 9.10. The predicted molar refractivity (Wildman–Crippen MR) is 91.3 cm³/mol. The summed E-state index contributed by atoms with van der Waals surface area (Å²) < 4.78 is 4.15. The van der Waals surface area contributed by atoms with E-state index < -0.39 is 0 Å². The number of hydrogen-bond acceptors (Lipinski definition) is 2. The number of nitrogens with zero attached hydrogens (tertiary/aromatic N) is 3. The zero-order valence-electron chi connectivity index (χ0n) is 12.4. The maximum atomic E-state index is 12.7. The molecule has 0 spiro atoms. The standard InChI is InChI=1S/C17H16BrN3O/c1-12(2)21-17(22)20(15-10-8-14(18)9-11-15)16(19-21)13-6-4-3-5-7-13/h3-12H,1-2H3. The van der Waals surface area contributed by atoms with Crippen LogP contribution in [0.5, 0.6) is 0 Å². The van der Waals surface area contributed by atoms with E-state index in [-0.39, 0.29) is 11.7 Å². The number of hydrogen-bond donors (Lipinski definition) is 0. The second-order valence-corrected chi connectivity index (χ2v) is 6.24. The van der Waals surface area contributed by atoms with Gasteiger partial charge < -0.3 is 0 Å². The third kappa shape index (κ3) is 2.64. The minimum absolute atomic E-state index is 0.00617. The Balaban J connectivity index is 2.27. The Kier molecular flexibility index (Phi) is 3.98. The highest BCUT2D eigenvalue weighted by Gasteiger charge is 2.17. The fourth-order valence-electron chi connectivity index (χ4n) is 2.32. The van der Waals surface area contributed by atoms with Crippen molar-refractivity contribution >= 4 is 15.9 Å². The number of rotatable bonds is 3. The van der Waals surface area contributed by atoms with Crippen LogP contribution in [-0.4, -0.2) is 14.3 Å². The minimum Gasteiger partial charge on any atom is -0.246 e. The zero-order chi connectivity index (χ0) is 15.7. The van der Waals surface area contributed by atoms with Gasteiger partial charge in [0.25, 0.3) is 0 Å². The van der Waals surface area contributed by atoms with Crippen LogP contribution in [0.15, 0.2) is 63.9 Å². The first-order valence-electron chi connectivity index (χ1n) is 7.11. The number of aromatic nitrogens is 3. The third-order valence-electron chi connectivity index (χ3n) is 3.41. The molecule has 0 saturated heterocycles. The van der Waals surface area contributed by atoms with Gasteiger partial charge in [0.2, 0.25) is 0 Å². The first-order chi connectivity index (χ1) is 10.6. The van der Waals surface area contributed by atoms with Crippen molar-refractivity contribution in [1.29, 1.82) is 0 Å². The molecule has 3 rings (SSSR count). The van der Waals surface area contributed by atoms with Gasteiger partial charge in [0.1, 0.15) is 0 Å². The number of halogens is 1. The van der Waals surface area contributed by atoms with E-state index in [1.807, 2.05) is 68.4 Å². The van der Waals surface area contributed by atoms with E-state index in [0.29, 0.717) is 5.82 Å². The molecule has 0 bridgehead atoms. The number of benzene rings is 2. The Morgan fingerprint density at radius 1 is 1.00 bits per heavy atom. The maximum Gasteiger partial charge on any atom is 0.351 e. The normalized spacial score (nSPS) is 11.1. The lowest BCUT2D eigenvalue weighted by atomic mass is 10.2. The lowest BCUT2D eigenvalue weighted by Gasteiger charge is -2.05. The van der Waals surface area contributed by atoms with E-state index in [2.05, 4.69) is 21.0 Å². The van der Waals surface area contributed by atoms with Gasteiger partial charge in [-0.3, -0.25) is 0 Å². The first kappa shape index (κ1) is 14.8. The SMILES string of the molecule is CC(C)n1nc(-c2ccccc2)n(-c2ccc(Br)cc2)c1=O. The van der Waals surface area contributed by atoms with Crippen molar-refractivity contribution in [3.05, 3.63) is 69.6 Å². The molecule has 0 aliphatic carbocycles. The lowest BCUT2D eigenvalue weighted by molar-refractivity contribution is 0.512. The molecule has 0 atom stereocenters. The predicted octanol–water partition coefficient (Wildman–Crippen LogP) is 4.04. The molecular formula is C17H16BrN3O. The van der Waals surface area contributed by atoms with Gasteiger partial charge >= 0.3 is 5.69 Å². The van der Waals surface area contributed by atoms with E-state index in [9.17, 15) is 4.79 Å². The second-order valence-electron chi connectivity index (χ2n) is 5.32. The van der Waals surface area contributed by atoms with E-state index in [1.54, 1.807) is 4.57 Å². The van der Waals surface area contributed by atoms with Crippen LogP contribution in [0, 0.1) is 0 Å². The van der Waals surface area contributed by atoms with Crippen molar-refractivity contribution in [3.8, 4) is 17.1 Å². The third-order valence-corrected chi connectivity index (χ3v) is 3.94. The molecule has 2 aromatic carbocycles. The average Bonchev–Trinajstić information content (AvgIpc) is 2.87. The molecule has 5 heteroatoms. The van der Waals surface area contributed by atoms with Crippen molar-refractivity contribution < 1.29 is 0 Å². The van der Waals surface area contributed by atoms with Crippen LogP contribution in [0.4, 0.5) is 0 Å². The van der Waals surface area contributed by atoms with Crippen molar-refractivity contribution in [2.45, 2.75) is 19.9 Å². The molecule has 0 aliphatic rings. The summed E-state index contributed by atoms with van der Waals surface area (Å²) in [4.78, 5) is 12.7. The molecule has 0 aliphatic heterocycles. The molecule has 0 amide bonds. The molecule has 1 heterocycles. The summed E-state index contributed by atoms with van der Waals surface area (Å²) in [7, 11) is 0. The van der Waals surface area contributed by atoms with Crippen LogP contribution in [0.25, 0.3) is 17.1 Å². The van der Waals surface area contributed by atoms with Crippen LogP contribution in [0.3, 0.4) is 0 Å². The molecule has 3 aromatic rings. The van der Waals surface area contributed by atoms with E-state index in [0.717, 1.165) is 15.7 Å². The molecular weight excluding hydrogens is 342 g/mol. The van der Waals surface area contributed by atoms with Gasteiger partial charge in [-0.2, -0.15) is 0 Å². The monoisotopic (exact) mass is 357 g/mol. The van der Waals surface area contributed by atoms with Crippen LogP contribution >= 0.6 is 15.9 Å². The van der Waals surface area contributed by atoms with Gasteiger partial charge in [0.15, 0.2) is 5.82 Å². The summed E-state index contributed by atoms with van der Waals surface area (Å²) >= 11 is 3.42. The molecule has 0 fully saturated rings. The summed E-state index contributed by atoms with van der Waals surface area (Å²) in [5.74, 6) is 0.654. The zero-order valence-corrected chi connectivity index (χ0v) is 14.0. The van der Waals surface area contributed by atoms with Crippen LogP contribution in [0.2, 0.25) is 0 Å².